The lowest BCUT2D eigenvalue weighted by molar-refractivity contribution is -0.136. The third kappa shape index (κ3) is 3.52. The Morgan fingerprint density at radius 1 is 1.18 bits per heavy atom. The van der Waals surface area contributed by atoms with Gasteiger partial charge in [0.05, 0.1) is 0 Å². The van der Waals surface area contributed by atoms with Crippen molar-refractivity contribution in [3.63, 3.8) is 0 Å². The van der Waals surface area contributed by atoms with Gasteiger partial charge >= 0.3 is 6.03 Å². The minimum absolute atomic E-state index is 0.0759. The molecule has 2 saturated carbocycles. The van der Waals surface area contributed by atoms with Gasteiger partial charge in [-0.2, -0.15) is 0 Å². The molecule has 0 aromatic carbocycles. The molecule has 1 saturated heterocycles. The van der Waals surface area contributed by atoms with Gasteiger partial charge in [-0.05, 0) is 31.6 Å². The van der Waals surface area contributed by atoms with Crippen LogP contribution < -0.4 is 10.6 Å². The number of rotatable bonds is 4. The molecular formula is C19H27N5O3S. The molecule has 0 radical (unpaired) electrons. The Hall–Kier alpha value is -2.03. The number of nitrogens with zero attached hydrogens (tertiary/aromatic N) is 3. The molecule has 1 aromatic rings. The van der Waals surface area contributed by atoms with Crippen molar-refractivity contribution >= 4 is 34.3 Å². The molecule has 1 aliphatic heterocycles. The van der Waals surface area contributed by atoms with Crippen molar-refractivity contribution in [3.05, 3.63) is 5.01 Å². The zero-order valence-corrected chi connectivity index (χ0v) is 17.0. The molecule has 2 heterocycles. The summed E-state index contributed by atoms with van der Waals surface area (Å²) in [6.45, 7) is 1.70. The standard InChI is InChI=1S/C19H27N5O3S/c1-12-7-5-6-10-19(12)16(26)24(18(27)21-19)11-14(25)20-17-23-22-15(28-17)13-8-3-2-4-9-13/h12-13H,2-11H2,1H3,(H,21,27)(H,20,23,25). The number of amides is 4. The van der Waals surface area contributed by atoms with Crippen LogP contribution in [0.5, 0.6) is 0 Å². The minimum atomic E-state index is -0.841. The van der Waals surface area contributed by atoms with Crippen molar-refractivity contribution in [1.82, 2.24) is 20.4 Å². The first-order valence-corrected chi connectivity index (χ1v) is 11.1. The van der Waals surface area contributed by atoms with Gasteiger partial charge in [0.2, 0.25) is 11.0 Å². The number of anilines is 1. The van der Waals surface area contributed by atoms with Gasteiger partial charge < -0.3 is 5.32 Å². The van der Waals surface area contributed by atoms with Crippen molar-refractivity contribution in [3.8, 4) is 0 Å². The number of aromatic nitrogens is 2. The maximum absolute atomic E-state index is 12.9. The summed E-state index contributed by atoms with van der Waals surface area (Å²) in [5.74, 6) is -0.196. The van der Waals surface area contributed by atoms with E-state index in [-0.39, 0.29) is 18.4 Å². The van der Waals surface area contributed by atoms with Gasteiger partial charge in [-0.25, -0.2) is 4.79 Å². The molecule has 3 aliphatic rings. The van der Waals surface area contributed by atoms with E-state index in [4.69, 9.17) is 0 Å². The van der Waals surface area contributed by atoms with Crippen molar-refractivity contribution in [1.29, 1.82) is 0 Å². The first kappa shape index (κ1) is 19.3. The third-order valence-electron chi connectivity index (χ3n) is 6.44. The average molecular weight is 406 g/mol. The Morgan fingerprint density at radius 3 is 2.68 bits per heavy atom. The highest BCUT2D eigenvalue weighted by Gasteiger charge is 2.55. The topological polar surface area (TPSA) is 104 Å². The summed E-state index contributed by atoms with van der Waals surface area (Å²) in [4.78, 5) is 38.8. The minimum Gasteiger partial charge on any atom is -0.323 e. The second kappa shape index (κ2) is 7.77. The number of imide groups is 1. The monoisotopic (exact) mass is 405 g/mol. The van der Waals surface area contributed by atoms with E-state index in [2.05, 4.69) is 20.8 Å². The van der Waals surface area contributed by atoms with Gasteiger partial charge in [0.25, 0.3) is 5.91 Å². The van der Waals surface area contributed by atoms with Crippen molar-refractivity contribution in [2.75, 3.05) is 11.9 Å². The molecule has 2 aliphatic carbocycles. The lowest BCUT2D eigenvalue weighted by Gasteiger charge is -2.36. The number of urea groups is 1. The van der Waals surface area contributed by atoms with E-state index in [0.717, 1.165) is 42.0 Å². The fraction of sp³-hybridized carbons (Fsp3) is 0.737. The highest BCUT2D eigenvalue weighted by atomic mass is 32.1. The quantitative estimate of drug-likeness (QED) is 0.749. The normalized spacial score (nSPS) is 28.6. The molecule has 0 bridgehead atoms. The molecule has 2 N–H and O–H groups in total. The van der Waals surface area contributed by atoms with E-state index >= 15 is 0 Å². The second-order valence-corrected chi connectivity index (χ2v) is 9.28. The largest absolute Gasteiger partial charge is 0.325 e. The smallest absolute Gasteiger partial charge is 0.323 e. The van der Waals surface area contributed by atoms with Crippen LogP contribution in [0.1, 0.15) is 75.6 Å². The van der Waals surface area contributed by atoms with E-state index in [1.807, 2.05) is 6.92 Å². The summed E-state index contributed by atoms with van der Waals surface area (Å²) in [7, 11) is 0. The van der Waals surface area contributed by atoms with Gasteiger partial charge in [-0.3, -0.25) is 19.8 Å². The first-order chi connectivity index (χ1) is 13.5. The van der Waals surface area contributed by atoms with Crippen LogP contribution in [0.25, 0.3) is 0 Å². The SMILES string of the molecule is CC1CCCCC12NC(=O)N(CC(=O)Nc1nnc(C3CCCCC3)s1)C2=O. The van der Waals surface area contributed by atoms with Crippen LogP contribution in [-0.4, -0.2) is 45.0 Å². The molecule has 2 unspecified atom stereocenters. The molecule has 1 spiro atoms. The van der Waals surface area contributed by atoms with E-state index in [0.29, 0.717) is 17.5 Å². The lowest BCUT2D eigenvalue weighted by Crippen LogP contribution is -2.54. The highest BCUT2D eigenvalue weighted by molar-refractivity contribution is 7.15. The lowest BCUT2D eigenvalue weighted by atomic mass is 9.73. The van der Waals surface area contributed by atoms with E-state index in [1.165, 1.54) is 30.6 Å². The van der Waals surface area contributed by atoms with Crippen LogP contribution in [0.4, 0.5) is 9.93 Å². The van der Waals surface area contributed by atoms with Gasteiger partial charge in [0.1, 0.15) is 17.1 Å². The van der Waals surface area contributed by atoms with E-state index < -0.39 is 17.5 Å². The zero-order chi connectivity index (χ0) is 19.7. The van der Waals surface area contributed by atoms with Crippen LogP contribution in [0, 0.1) is 5.92 Å². The Labute approximate surface area is 168 Å². The summed E-state index contributed by atoms with van der Waals surface area (Å²) >= 11 is 1.39. The fourth-order valence-electron chi connectivity index (χ4n) is 4.74. The van der Waals surface area contributed by atoms with Gasteiger partial charge in [-0.15, -0.1) is 10.2 Å². The molecule has 4 rings (SSSR count). The van der Waals surface area contributed by atoms with Gasteiger partial charge in [-0.1, -0.05) is 50.4 Å². The predicted molar refractivity (Wildman–Crippen MR) is 105 cm³/mol. The number of carbonyl (C=O) groups excluding carboxylic acids is 3. The molecule has 8 nitrogen and oxygen atoms in total. The number of carbonyl (C=O) groups is 3. The van der Waals surface area contributed by atoms with Crippen molar-refractivity contribution < 1.29 is 14.4 Å². The fourth-order valence-corrected chi connectivity index (χ4v) is 5.67. The van der Waals surface area contributed by atoms with Crippen LogP contribution >= 0.6 is 11.3 Å². The van der Waals surface area contributed by atoms with Crippen LogP contribution in [0.15, 0.2) is 0 Å². The maximum atomic E-state index is 12.9. The Bertz CT molecular complexity index is 775. The van der Waals surface area contributed by atoms with Gasteiger partial charge in [0.15, 0.2) is 0 Å². The third-order valence-corrected chi connectivity index (χ3v) is 7.45. The Balaban J connectivity index is 1.38. The summed E-state index contributed by atoms with van der Waals surface area (Å²) in [5.41, 5.74) is -0.841. The molecule has 2 atom stereocenters. The van der Waals surface area contributed by atoms with E-state index in [1.54, 1.807) is 0 Å². The van der Waals surface area contributed by atoms with Gasteiger partial charge in [0, 0.05) is 5.92 Å². The summed E-state index contributed by atoms with van der Waals surface area (Å²) in [6, 6.07) is -0.478. The average Bonchev–Trinajstić information content (AvgIpc) is 3.24. The van der Waals surface area contributed by atoms with E-state index in [9.17, 15) is 14.4 Å². The Kier molecular flexibility index (Phi) is 5.35. The second-order valence-electron chi connectivity index (χ2n) is 8.27. The first-order valence-electron chi connectivity index (χ1n) is 10.3. The van der Waals surface area contributed by atoms with Crippen LogP contribution in [0.2, 0.25) is 0 Å². The van der Waals surface area contributed by atoms with Crippen molar-refractivity contribution in [2.24, 2.45) is 5.92 Å². The molecule has 28 heavy (non-hydrogen) atoms. The summed E-state index contributed by atoms with van der Waals surface area (Å²) < 4.78 is 0. The predicted octanol–water partition coefficient (Wildman–Crippen LogP) is 3.03. The number of nitrogens with one attached hydrogen (secondary N) is 2. The summed E-state index contributed by atoms with van der Waals surface area (Å²) in [5, 5.41) is 15.3. The molecule has 152 valence electrons. The summed E-state index contributed by atoms with van der Waals surface area (Å²) in [6.07, 6.45) is 9.43. The molecular weight excluding hydrogens is 378 g/mol. The highest BCUT2D eigenvalue weighted by Crippen LogP contribution is 2.38. The molecule has 1 aromatic heterocycles. The Morgan fingerprint density at radius 2 is 1.93 bits per heavy atom. The van der Waals surface area contributed by atoms with Crippen LogP contribution in [-0.2, 0) is 9.59 Å². The number of hydrogen-bond donors (Lipinski definition) is 2. The maximum Gasteiger partial charge on any atom is 0.325 e. The van der Waals surface area contributed by atoms with Crippen molar-refractivity contribution in [2.45, 2.75) is 76.2 Å². The molecule has 9 heteroatoms. The molecule has 3 fully saturated rings. The molecule has 4 amide bonds. The zero-order valence-electron chi connectivity index (χ0n) is 16.2. The number of hydrogen-bond acceptors (Lipinski definition) is 6. The van der Waals surface area contributed by atoms with Crippen LogP contribution in [0.3, 0.4) is 0 Å².